The van der Waals surface area contributed by atoms with Gasteiger partial charge in [-0.15, -0.1) is 5.10 Å². The first-order chi connectivity index (χ1) is 14.1. The van der Waals surface area contributed by atoms with Crippen molar-refractivity contribution in [2.45, 2.75) is 10.8 Å². The number of rotatable bonds is 5. The summed E-state index contributed by atoms with van der Waals surface area (Å²) in [6.07, 6.45) is 0.835. The number of halogens is 1. The first-order valence-electron chi connectivity index (χ1n) is 8.77. The predicted octanol–water partition coefficient (Wildman–Crippen LogP) is 5.21. The van der Waals surface area contributed by atoms with Gasteiger partial charge in [0.25, 0.3) is 0 Å². The summed E-state index contributed by atoms with van der Waals surface area (Å²) in [4.78, 5) is 12.3. The fourth-order valence-electron chi connectivity index (χ4n) is 2.63. The molecule has 29 heavy (non-hydrogen) atoms. The summed E-state index contributed by atoms with van der Waals surface area (Å²) in [6.45, 7) is 1.23. The van der Waals surface area contributed by atoms with Crippen molar-refractivity contribution in [2.75, 3.05) is 24.3 Å². The zero-order valence-corrected chi connectivity index (χ0v) is 18.3. The van der Waals surface area contributed by atoms with Gasteiger partial charge in [-0.25, -0.2) is 4.68 Å². The summed E-state index contributed by atoms with van der Waals surface area (Å²) in [7, 11) is 0. The maximum Gasteiger partial charge on any atom is 0.234 e. The van der Waals surface area contributed by atoms with Crippen LogP contribution in [-0.4, -0.2) is 34.7 Å². The Morgan fingerprint density at radius 3 is 2.76 bits per heavy atom. The Balaban J connectivity index is 1.38. The molecular weight excluding hydrogens is 450 g/mol. The number of nitrogens with one attached hydrogen (secondary N) is 1. The average Bonchev–Trinajstić information content (AvgIpc) is 2.93. The molecule has 6 nitrogen and oxygen atoms in total. The van der Waals surface area contributed by atoms with Crippen LogP contribution in [0.4, 0.5) is 5.69 Å². The number of benzene rings is 2. The number of thioether (sulfide) groups is 1. The number of amides is 1. The summed E-state index contributed by atoms with van der Waals surface area (Å²) < 4.78 is 14.3. The molecule has 0 radical (unpaired) electrons. The molecule has 1 amide bonds. The summed E-state index contributed by atoms with van der Waals surface area (Å²) in [6, 6.07) is 12.7. The number of anilines is 1. The van der Waals surface area contributed by atoms with E-state index in [1.165, 1.54) is 23.1 Å². The topological polar surface area (TPSA) is 65.4 Å². The van der Waals surface area contributed by atoms with Gasteiger partial charge in [-0.3, -0.25) is 4.79 Å². The van der Waals surface area contributed by atoms with Crippen LogP contribution < -0.4 is 14.8 Å². The molecule has 0 unspecified atom stereocenters. The van der Waals surface area contributed by atoms with Crippen molar-refractivity contribution in [1.82, 2.24) is 9.78 Å². The third-order valence-corrected chi connectivity index (χ3v) is 6.58. The zero-order chi connectivity index (χ0) is 20.2. The van der Waals surface area contributed by atoms with E-state index in [1.54, 1.807) is 28.9 Å². The zero-order valence-electron chi connectivity index (χ0n) is 15.1. The molecule has 4 rings (SSSR count). The van der Waals surface area contributed by atoms with Crippen LogP contribution in [0, 0.1) is 3.95 Å². The van der Waals surface area contributed by atoms with E-state index in [0.29, 0.717) is 39.4 Å². The van der Waals surface area contributed by atoms with Crippen LogP contribution in [-0.2, 0) is 4.79 Å². The second-order valence-electron chi connectivity index (χ2n) is 6.07. The van der Waals surface area contributed by atoms with Crippen LogP contribution in [0.3, 0.4) is 0 Å². The molecule has 1 N–H and O–H groups in total. The third-order valence-electron chi connectivity index (χ3n) is 3.96. The molecule has 1 aromatic heterocycles. The Kier molecular flexibility index (Phi) is 6.39. The highest BCUT2D eigenvalue weighted by atomic mass is 35.5. The van der Waals surface area contributed by atoms with E-state index in [1.807, 2.05) is 18.2 Å². The first-order valence-corrected chi connectivity index (χ1v) is 11.4. The quantitative estimate of drug-likeness (QED) is 0.412. The Morgan fingerprint density at radius 2 is 1.97 bits per heavy atom. The van der Waals surface area contributed by atoms with E-state index in [4.69, 9.17) is 33.3 Å². The van der Waals surface area contributed by atoms with Crippen LogP contribution in [0.1, 0.15) is 6.42 Å². The molecule has 3 aromatic rings. The van der Waals surface area contributed by atoms with Crippen molar-refractivity contribution in [3.05, 3.63) is 51.4 Å². The molecular formula is C19H16ClN3O3S3. The molecule has 0 bridgehead atoms. The smallest absolute Gasteiger partial charge is 0.234 e. The minimum absolute atomic E-state index is 0.136. The highest BCUT2D eigenvalue weighted by Gasteiger charge is 2.13. The molecule has 0 aliphatic carbocycles. The Morgan fingerprint density at radius 1 is 1.21 bits per heavy atom. The molecule has 0 saturated carbocycles. The van der Waals surface area contributed by atoms with E-state index < -0.39 is 0 Å². The SMILES string of the molecule is O=C(CSc1nn(-c2ccc(Cl)cc2)c(=S)s1)Nc1ccc2c(c1)OCCCO2. The summed E-state index contributed by atoms with van der Waals surface area (Å²) in [5, 5.41) is 8.02. The number of hydrogen-bond donors (Lipinski definition) is 1. The summed E-state index contributed by atoms with van der Waals surface area (Å²) in [5.41, 5.74) is 1.50. The number of ether oxygens (including phenoxy) is 2. The monoisotopic (exact) mass is 465 g/mol. The van der Waals surface area contributed by atoms with E-state index in [9.17, 15) is 4.79 Å². The summed E-state index contributed by atoms with van der Waals surface area (Å²) >= 11 is 14.0. The molecule has 0 fully saturated rings. The molecule has 1 aliphatic rings. The van der Waals surface area contributed by atoms with Crippen LogP contribution >= 0.6 is 46.9 Å². The van der Waals surface area contributed by atoms with Gasteiger partial charge in [0, 0.05) is 23.2 Å². The van der Waals surface area contributed by atoms with Gasteiger partial charge >= 0.3 is 0 Å². The van der Waals surface area contributed by atoms with Crippen molar-refractivity contribution >= 4 is 58.5 Å². The molecule has 0 saturated heterocycles. The second kappa shape index (κ2) is 9.17. The standard InChI is InChI=1S/C19H16ClN3O3S3/c20-12-2-5-14(6-3-12)23-19(27)29-18(22-23)28-11-17(24)21-13-4-7-15-16(10-13)26-9-1-8-25-15/h2-7,10H,1,8-9,11H2,(H,21,24). The Labute approximate surface area is 185 Å². The van der Waals surface area contributed by atoms with Crippen molar-refractivity contribution in [2.24, 2.45) is 0 Å². The molecule has 2 aromatic carbocycles. The third kappa shape index (κ3) is 5.11. The lowest BCUT2D eigenvalue weighted by Gasteiger charge is -2.10. The van der Waals surface area contributed by atoms with E-state index >= 15 is 0 Å². The van der Waals surface area contributed by atoms with Gasteiger partial charge in [0.1, 0.15) is 0 Å². The molecule has 1 aliphatic heterocycles. The number of nitrogens with zero attached hydrogens (tertiary/aromatic N) is 2. The minimum Gasteiger partial charge on any atom is -0.490 e. The number of aromatic nitrogens is 2. The van der Waals surface area contributed by atoms with Crippen molar-refractivity contribution < 1.29 is 14.3 Å². The van der Waals surface area contributed by atoms with Crippen LogP contribution in [0.5, 0.6) is 11.5 Å². The van der Waals surface area contributed by atoms with Crippen LogP contribution in [0.25, 0.3) is 5.69 Å². The minimum atomic E-state index is -0.136. The number of carbonyl (C=O) groups is 1. The van der Waals surface area contributed by atoms with Crippen LogP contribution in [0.2, 0.25) is 5.02 Å². The largest absolute Gasteiger partial charge is 0.490 e. The predicted molar refractivity (Wildman–Crippen MR) is 119 cm³/mol. The maximum atomic E-state index is 12.3. The van der Waals surface area contributed by atoms with Crippen molar-refractivity contribution in [3.8, 4) is 17.2 Å². The maximum absolute atomic E-state index is 12.3. The Hall–Kier alpha value is -2.07. The van der Waals surface area contributed by atoms with Gasteiger partial charge in [-0.2, -0.15) is 0 Å². The highest BCUT2D eigenvalue weighted by molar-refractivity contribution is 8.01. The van der Waals surface area contributed by atoms with Gasteiger partial charge < -0.3 is 14.8 Å². The van der Waals surface area contributed by atoms with Gasteiger partial charge in [0.05, 0.1) is 24.7 Å². The number of carbonyl (C=O) groups excluding carboxylic acids is 1. The fourth-order valence-corrected chi connectivity index (χ4v) is 4.92. The average molecular weight is 466 g/mol. The summed E-state index contributed by atoms with van der Waals surface area (Å²) in [5.74, 6) is 1.43. The molecule has 10 heteroatoms. The molecule has 2 heterocycles. The van der Waals surface area contributed by atoms with Gasteiger partial charge in [-0.05, 0) is 48.6 Å². The lowest BCUT2D eigenvalue weighted by atomic mass is 10.2. The van der Waals surface area contributed by atoms with Gasteiger partial charge in [0.15, 0.2) is 19.8 Å². The second-order valence-corrected chi connectivity index (χ2v) is 9.35. The van der Waals surface area contributed by atoms with Crippen molar-refractivity contribution in [3.63, 3.8) is 0 Å². The lowest BCUT2D eigenvalue weighted by molar-refractivity contribution is -0.113. The van der Waals surface area contributed by atoms with E-state index in [0.717, 1.165) is 16.4 Å². The number of fused-ring (bicyclic) bond motifs is 1. The fraction of sp³-hybridized carbons (Fsp3) is 0.211. The Bertz CT molecular complexity index is 1080. The van der Waals surface area contributed by atoms with E-state index in [-0.39, 0.29) is 11.7 Å². The van der Waals surface area contributed by atoms with E-state index in [2.05, 4.69) is 10.4 Å². The first kappa shape index (κ1) is 20.2. The van der Waals surface area contributed by atoms with Gasteiger partial charge in [-0.1, -0.05) is 34.7 Å². The number of hydrogen-bond acceptors (Lipinski definition) is 7. The molecule has 0 spiro atoms. The highest BCUT2D eigenvalue weighted by Crippen LogP contribution is 2.32. The van der Waals surface area contributed by atoms with Gasteiger partial charge in [0.2, 0.25) is 5.91 Å². The molecule has 0 atom stereocenters. The normalized spacial score (nSPS) is 13.0. The van der Waals surface area contributed by atoms with Crippen molar-refractivity contribution in [1.29, 1.82) is 0 Å². The molecule has 150 valence electrons. The van der Waals surface area contributed by atoms with Crippen LogP contribution in [0.15, 0.2) is 46.8 Å². The lowest BCUT2D eigenvalue weighted by Crippen LogP contribution is -2.14.